The van der Waals surface area contributed by atoms with Crippen molar-refractivity contribution in [2.24, 2.45) is 0 Å². The first-order valence-corrected chi connectivity index (χ1v) is 5.61. The number of hydrogen-bond donors (Lipinski definition) is 3. The van der Waals surface area contributed by atoms with Gasteiger partial charge in [-0.1, -0.05) is 11.8 Å². The molecule has 2 heterocycles. The molecule has 0 aromatic carbocycles. The van der Waals surface area contributed by atoms with E-state index in [4.69, 9.17) is 5.11 Å². The zero-order valence-corrected chi connectivity index (χ0v) is 9.25. The molecule has 2 rings (SSSR count). The maximum atomic E-state index is 11.6. The number of carbonyl (C=O) groups is 1. The van der Waals surface area contributed by atoms with E-state index in [1.165, 1.54) is 11.8 Å². The molecule has 6 heteroatoms. The molecule has 1 aliphatic rings. The van der Waals surface area contributed by atoms with E-state index < -0.39 is 0 Å². The van der Waals surface area contributed by atoms with Gasteiger partial charge in [-0.2, -0.15) is 0 Å². The summed E-state index contributed by atoms with van der Waals surface area (Å²) in [5.41, 5.74) is 0.895. The minimum Gasteiger partial charge on any atom is -0.395 e. The van der Waals surface area contributed by atoms with Crippen LogP contribution in [0, 0.1) is 0 Å². The van der Waals surface area contributed by atoms with Gasteiger partial charge in [-0.3, -0.25) is 4.79 Å². The highest BCUT2D eigenvalue weighted by atomic mass is 32.2. The van der Waals surface area contributed by atoms with Gasteiger partial charge >= 0.3 is 0 Å². The Balaban J connectivity index is 2.06. The van der Waals surface area contributed by atoms with E-state index in [2.05, 4.69) is 15.6 Å². The zero-order valence-electron chi connectivity index (χ0n) is 8.43. The van der Waals surface area contributed by atoms with Gasteiger partial charge in [0.1, 0.15) is 5.03 Å². The molecule has 1 aromatic heterocycles. The van der Waals surface area contributed by atoms with Crippen LogP contribution in [-0.4, -0.2) is 29.1 Å². The molecule has 84 valence electrons. The smallest absolute Gasteiger partial charge is 0.259 e. The van der Waals surface area contributed by atoms with Gasteiger partial charge in [0.05, 0.1) is 17.2 Å². The topological polar surface area (TPSA) is 74.2 Å². The number of anilines is 1. The third-order valence-electron chi connectivity index (χ3n) is 1.96. The molecule has 1 aliphatic heterocycles. The molecule has 0 bridgehead atoms. The first kappa shape index (κ1) is 11.0. The number of aliphatic hydroxyl groups excluding tert-OH is 1. The van der Waals surface area contributed by atoms with Gasteiger partial charge < -0.3 is 15.7 Å². The van der Waals surface area contributed by atoms with E-state index in [0.717, 1.165) is 10.7 Å². The maximum Gasteiger partial charge on any atom is 0.259 e. The van der Waals surface area contributed by atoms with E-state index in [0.29, 0.717) is 4.91 Å². The molecule has 0 aliphatic carbocycles. The van der Waals surface area contributed by atoms with Gasteiger partial charge in [0.15, 0.2) is 0 Å². The lowest BCUT2D eigenvalue weighted by atomic mass is 10.4. The van der Waals surface area contributed by atoms with Gasteiger partial charge in [-0.25, -0.2) is 4.98 Å². The Hall–Kier alpha value is -1.53. The van der Waals surface area contributed by atoms with Gasteiger partial charge in [0, 0.05) is 18.9 Å². The largest absolute Gasteiger partial charge is 0.395 e. The fourth-order valence-corrected chi connectivity index (χ4v) is 2.07. The van der Waals surface area contributed by atoms with Crippen molar-refractivity contribution < 1.29 is 9.90 Å². The second kappa shape index (κ2) is 5.00. The van der Waals surface area contributed by atoms with Crippen LogP contribution in [-0.2, 0) is 4.79 Å². The first-order valence-electron chi connectivity index (χ1n) is 4.80. The molecule has 5 nitrogen and oxygen atoms in total. The Labute approximate surface area is 97.0 Å². The SMILES string of the molecule is O=C(NCCO)C1=CNc2cccnc2S1. The lowest BCUT2D eigenvalue weighted by Crippen LogP contribution is -2.27. The van der Waals surface area contributed by atoms with Crippen LogP contribution in [0.25, 0.3) is 0 Å². The molecule has 0 saturated carbocycles. The Morgan fingerprint density at radius 3 is 3.31 bits per heavy atom. The van der Waals surface area contributed by atoms with Gasteiger partial charge in [-0.15, -0.1) is 0 Å². The second-order valence-corrected chi connectivity index (χ2v) is 4.12. The van der Waals surface area contributed by atoms with Crippen molar-refractivity contribution in [1.82, 2.24) is 10.3 Å². The fraction of sp³-hybridized carbons (Fsp3) is 0.200. The van der Waals surface area contributed by atoms with Crippen LogP contribution in [0.15, 0.2) is 34.5 Å². The van der Waals surface area contributed by atoms with E-state index in [-0.39, 0.29) is 19.1 Å². The number of nitrogens with one attached hydrogen (secondary N) is 2. The molecule has 3 N–H and O–H groups in total. The Morgan fingerprint density at radius 2 is 2.50 bits per heavy atom. The number of aromatic nitrogens is 1. The van der Waals surface area contributed by atoms with Crippen LogP contribution >= 0.6 is 11.8 Å². The number of thioether (sulfide) groups is 1. The number of nitrogens with zero attached hydrogens (tertiary/aromatic N) is 1. The summed E-state index contributed by atoms with van der Waals surface area (Å²) < 4.78 is 0. The predicted molar refractivity (Wildman–Crippen MR) is 61.9 cm³/mol. The summed E-state index contributed by atoms with van der Waals surface area (Å²) in [6, 6.07) is 3.73. The fourth-order valence-electron chi connectivity index (χ4n) is 1.23. The highest BCUT2D eigenvalue weighted by molar-refractivity contribution is 8.04. The minimum absolute atomic E-state index is 0.0635. The quantitative estimate of drug-likeness (QED) is 0.716. The molecule has 0 saturated heterocycles. The Kier molecular flexibility index (Phi) is 3.43. The van der Waals surface area contributed by atoms with Gasteiger partial charge in [0.2, 0.25) is 0 Å². The highest BCUT2D eigenvalue weighted by Gasteiger charge is 2.17. The van der Waals surface area contributed by atoms with Crippen molar-refractivity contribution in [2.45, 2.75) is 5.03 Å². The number of aliphatic hydroxyl groups is 1. The molecule has 0 spiro atoms. The van der Waals surface area contributed by atoms with Crippen LogP contribution in [0.3, 0.4) is 0 Å². The summed E-state index contributed by atoms with van der Waals surface area (Å²) in [4.78, 5) is 16.3. The summed E-state index contributed by atoms with van der Waals surface area (Å²) in [5, 5.41) is 15.0. The van der Waals surface area contributed by atoms with E-state index in [1.807, 2.05) is 12.1 Å². The van der Waals surface area contributed by atoms with Crippen molar-refractivity contribution in [2.75, 3.05) is 18.5 Å². The predicted octanol–water partition coefficient (Wildman–Crippen LogP) is 0.549. The normalized spacial score (nSPS) is 13.4. The molecule has 16 heavy (non-hydrogen) atoms. The molecule has 0 unspecified atom stereocenters. The third kappa shape index (κ3) is 2.34. The molecular formula is C10H11N3O2S. The number of hydrogen-bond acceptors (Lipinski definition) is 5. The first-order chi connectivity index (χ1) is 7.81. The van der Waals surface area contributed by atoms with Crippen LogP contribution in [0.1, 0.15) is 0 Å². The van der Waals surface area contributed by atoms with Crippen molar-refractivity contribution >= 4 is 23.4 Å². The Morgan fingerprint density at radius 1 is 1.62 bits per heavy atom. The number of fused-ring (bicyclic) bond motifs is 1. The van der Waals surface area contributed by atoms with E-state index in [1.54, 1.807) is 12.4 Å². The van der Waals surface area contributed by atoms with Crippen LogP contribution in [0.5, 0.6) is 0 Å². The van der Waals surface area contributed by atoms with Crippen LogP contribution in [0.2, 0.25) is 0 Å². The lowest BCUT2D eigenvalue weighted by Gasteiger charge is -2.15. The highest BCUT2D eigenvalue weighted by Crippen LogP contribution is 2.34. The summed E-state index contributed by atoms with van der Waals surface area (Å²) >= 11 is 1.31. The summed E-state index contributed by atoms with van der Waals surface area (Å²) in [6.07, 6.45) is 3.32. The maximum absolute atomic E-state index is 11.6. The molecule has 0 fully saturated rings. The minimum atomic E-state index is -0.206. The number of amides is 1. The summed E-state index contributed by atoms with van der Waals surface area (Å²) in [5.74, 6) is -0.206. The average molecular weight is 237 g/mol. The van der Waals surface area contributed by atoms with Crippen molar-refractivity contribution in [3.05, 3.63) is 29.4 Å². The van der Waals surface area contributed by atoms with E-state index in [9.17, 15) is 4.79 Å². The number of rotatable bonds is 3. The van der Waals surface area contributed by atoms with Crippen molar-refractivity contribution in [3.8, 4) is 0 Å². The standard InChI is InChI=1S/C10H11N3O2S/c14-5-4-11-9(15)8-6-13-7-2-1-3-12-10(7)16-8/h1-3,6,13-14H,4-5H2,(H,11,15). The summed E-state index contributed by atoms with van der Waals surface area (Å²) in [7, 11) is 0. The van der Waals surface area contributed by atoms with Crippen molar-refractivity contribution in [3.63, 3.8) is 0 Å². The lowest BCUT2D eigenvalue weighted by molar-refractivity contribution is -0.116. The molecule has 1 amide bonds. The van der Waals surface area contributed by atoms with Crippen LogP contribution in [0.4, 0.5) is 5.69 Å². The average Bonchev–Trinajstić information content (AvgIpc) is 2.35. The van der Waals surface area contributed by atoms with Gasteiger partial charge in [-0.05, 0) is 12.1 Å². The third-order valence-corrected chi connectivity index (χ3v) is 3.00. The second-order valence-electron chi connectivity index (χ2n) is 3.09. The molecule has 1 aromatic rings. The molecule has 0 atom stereocenters. The monoisotopic (exact) mass is 237 g/mol. The van der Waals surface area contributed by atoms with Gasteiger partial charge in [0.25, 0.3) is 5.91 Å². The molecule has 0 radical (unpaired) electrons. The van der Waals surface area contributed by atoms with E-state index >= 15 is 0 Å². The zero-order chi connectivity index (χ0) is 11.4. The number of pyridine rings is 1. The van der Waals surface area contributed by atoms with Crippen LogP contribution < -0.4 is 10.6 Å². The van der Waals surface area contributed by atoms with Crippen molar-refractivity contribution in [1.29, 1.82) is 0 Å². The number of carbonyl (C=O) groups excluding carboxylic acids is 1. The Bertz CT molecular complexity index is 434. The molecular weight excluding hydrogens is 226 g/mol. The summed E-state index contributed by atoms with van der Waals surface area (Å²) in [6.45, 7) is 0.192.